The predicted molar refractivity (Wildman–Crippen MR) is 75.1 cm³/mol. The van der Waals surface area contributed by atoms with Crippen LogP contribution in [0.5, 0.6) is 0 Å². The van der Waals surface area contributed by atoms with Gasteiger partial charge in [0.1, 0.15) is 16.3 Å². The quantitative estimate of drug-likeness (QED) is 0.845. The van der Waals surface area contributed by atoms with Crippen molar-refractivity contribution in [2.75, 3.05) is 4.72 Å². The van der Waals surface area contributed by atoms with Crippen molar-refractivity contribution in [1.29, 1.82) is 0 Å². The number of carboxylic acid groups (broad SMARTS) is 1. The van der Waals surface area contributed by atoms with Crippen LogP contribution in [0.25, 0.3) is 0 Å². The lowest BCUT2D eigenvalue weighted by Gasteiger charge is -2.10. The summed E-state index contributed by atoms with van der Waals surface area (Å²) in [7, 11) is -2.92. The fourth-order valence-electron chi connectivity index (χ4n) is 1.59. The first-order valence-corrected chi connectivity index (χ1v) is 7.73. The molecule has 0 spiro atoms. The minimum Gasteiger partial charge on any atom is -0.477 e. The van der Waals surface area contributed by atoms with E-state index in [-0.39, 0.29) is 11.4 Å². The maximum absolute atomic E-state index is 13.7. The maximum Gasteiger partial charge on any atom is 0.341 e. The number of benzene rings is 1. The molecule has 0 unspecified atom stereocenters. The van der Waals surface area contributed by atoms with Crippen LogP contribution in [0.2, 0.25) is 0 Å². The molecular weight excluding hydrogens is 369 g/mol. The summed E-state index contributed by atoms with van der Waals surface area (Å²) in [6.07, 6.45) is 0.998. The first-order chi connectivity index (χ1) is 9.72. The van der Waals surface area contributed by atoms with Gasteiger partial charge in [0.15, 0.2) is 5.82 Å². The number of aryl methyl sites for hydroxylation is 1. The van der Waals surface area contributed by atoms with Crippen LogP contribution < -0.4 is 4.72 Å². The third kappa shape index (κ3) is 3.05. The van der Waals surface area contributed by atoms with Crippen LogP contribution >= 0.6 is 15.9 Å². The number of carbonyl (C=O) groups is 1. The third-order valence-electron chi connectivity index (χ3n) is 2.58. The van der Waals surface area contributed by atoms with Crippen LogP contribution in [0.15, 0.2) is 33.8 Å². The van der Waals surface area contributed by atoms with Crippen LogP contribution in [0, 0.1) is 5.82 Å². The summed E-state index contributed by atoms with van der Waals surface area (Å²) in [6, 6.07) is 3.42. The Balaban J connectivity index is 2.47. The van der Waals surface area contributed by atoms with E-state index >= 15 is 0 Å². The molecule has 0 saturated carbocycles. The maximum atomic E-state index is 13.7. The van der Waals surface area contributed by atoms with E-state index in [9.17, 15) is 17.6 Å². The number of hydrogen-bond donors (Lipinski definition) is 2. The van der Waals surface area contributed by atoms with Crippen LogP contribution in [0.3, 0.4) is 0 Å². The minimum atomic E-state index is -4.28. The highest BCUT2D eigenvalue weighted by Crippen LogP contribution is 2.23. The molecule has 0 fully saturated rings. The van der Waals surface area contributed by atoms with Crippen molar-refractivity contribution in [3.05, 3.63) is 40.2 Å². The van der Waals surface area contributed by atoms with Gasteiger partial charge in [-0.2, -0.15) is 5.10 Å². The zero-order valence-electron chi connectivity index (χ0n) is 10.5. The van der Waals surface area contributed by atoms with Crippen LogP contribution in [0.1, 0.15) is 10.4 Å². The Morgan fingerprint density at radius 1 is 1.48 bits per heavy atom. The van der Waals surface area contributed by atoms with Crippen molar-refractivity contribution in [3.8, 4) is 0 Å². The molecule has 0 atom stereocenters. The Kier molecular flexibility index (Phi) is 4.01. The molecule has 1 aromatic carbocycles. The van der Waals surface area contributed by atoms with Gasteiger partial charge in [-0.15, -0.1) is 0 Å². The summed E-state index contributed by atoms with van der Waals surface area (Å²) < 4.78 is 41.5. The van der Waals surface area contributed by atoms with E-state index in [2.05, 4.69) is 21.0 Å². The normalized spacial score (nSPS) is 11.4. The molecule has 10 heteroatoms. The second kappa shape index (κ2) is 5.45. The molecule has 1 heterocycles. The average molecular weight is 378 g/mol. The number of nitrogens with one attached hydrogen (secondary N) is 1. The lowest BCUT2D eigenvalue weighted by atomic mass is 10.3. The first-order valence-electron chi connectivity index (χ1n) is 5.45. The van der Waals surface area contributed by atoms with Crippen molar-refractivity contribution in [3.63, 3.8) is 0 Å². The Morgan fingerprint density at radius 3 is 2.71 bits per heavy atom. The number of aromatic carboxylic acids is 1. The first kappa shape index (κ1) is 15.4. The molecule has 0 saturated heterocycles. The van der Waals surface area contributed by atoms with Crippen LogP contribution in [-0.2, 0) is 17.1 Å². The van der Waals surface area contributed by atoms with Gasteiger partial charge in [0, 0.05) is 11.5 Å². The van der Waals surface area contributed by atoms with Crippen LogP contribution in [-0.4, -0.2) is 29.3 Å². The highest BCUT2D eigenvalue weighted by atomic mass is 79.9. The second-order valence-electron chi connectivity index (χ2n) is 4.02. The standard InChI is InChI=1S/C11H9BrFN3O4S/c1-16-10(7(5-14-16)11(17)18)15-21(19,20)9-3-2-6(12)4-8(9)13/h2-5,15H,1H3,(H,17,18). The zero-order chi connectivity index (χ0) is 15.8. The van der Waals surface area contributed by atoms with E-state index in [1.54, 1.807) is 0 Å². The summed E-state index contributed by atoms with van der Waals surface area (Å²) >= 11 is 3.02. The number of anilines is 1. The van der Waals surface area contributed by atoms with Crippen molar-refractivity contribution < 1.29 is 22.7 Å². The summed E-state index contributed by atoms with van der Waals surface area (Å²) in [5.74, 6) is -2.57. The van der Waals surface area contributed by atoms with E-state index in [1.165, 1.54) is 13.1 Å². The minimum absolute atomic E-state index is 0.259. The number of sulfonamides is 1. The van der Waals surface area contributed by atoms with Crippen molar-refractivity contribution in [2.45, 2.75) is 4.90 Å². The molecule has 7 nitrogen and oxygen atoms in total. The lowest BCUT2D eigenvalue weighted by Crippen LogP contribution is -2.18. The number of rotatable bonds is 4. The predicted octanol–water partition coefficient (Wildman–Crippen LogP) is 1.82. The number of carboxylic acids is 1. The van der Waals surface area contributed by atoms with Gasteiger partial charge in [-0.05, 0) is 18.2 Å². The average Bonchev–Trinajstić information content (AvgIpc) is 2.70. The smallest absolute Gasteiger partial charge is 0.341 e. The van der Waals surface area contributed by atoms with E-state index in [0.29, 0.717) is 4.47 Å². The second-order valence-corrected chi connectivity index (χ2v) is 6.58. The van der Waals surface area contributed by atoms with Gasteiger partial charge in [0.2, 0.25) is 0 Å². The third-order valence-corrected chi connectivity index (χ3v) is 4.45. The fourth-order valence-corrected chi connectivity index (χ4v) is 3.09. The summed E-state index contributed by atoms with van der Waals surface area (Å²) in [5, 5.41) is 12.6. The summed E-state index contributed by atoms with van der Waals surface area (Å²) in [4.78, 5) is 10.4. The Hall–Kier alpha value is -1.94. The lowest BCUT2D eigenvalue weighted by molar-refractivity contribution is 0.0698. The van der Waals surface area contributed by atoms with E-state index in [0.717, 1.165) is 23.0 Å². The molecule has 2 rings (SSSR count). The molecule has 21 heavy (non-hydrogen) atoms. The topological polar surface area (TPSA) is 101 Å². The van der Waals surface area contributed by atoms with Crippen molar-refractivity contribution >= 4 is 37.7 Å². The molecular formula is C11H9BrFN3O4S. The number of nitrogens with zero attached hydrogens (tertiary/aromatic N) is 2. The van der Waals surface area contributed by atoms with Gasteiger partial charge in [-0.1, -0.05) is 15.9 Å². The molecule has 2 N–H and O–H groups in total. The van der Waals surface area contributed by atoms with Crippen molar-refractivity contribution in [1.82, 2.24) is 9.78 Å². The summed E-state index contributed by atoms with van der Waals surface area (Å²) in [5.41, 5.74) is -0.335. The SMILES string of the molecule is Cn1ncc(C(=O)O)c1NS(=O)(=O)c1ccc(Br)cc1F. The molecule has 2 aromatic rings. The van der Waals surface area contributed by atoms with Gasteiger partial charge in [-0.3, -0.25) is 9.40 Å². The molecule has 0 amide bonds. The van der Waals surface area contributed by atoms with Gasteiger partial charge in [0.05, 0.1) is 6.20 Å². The Bertz CT molecular complexity index is 819. The van der Waals surface area contributed by atoms with Crippen LogP contribution in [0.4, 0.5) is 10.2 Å². The number of halogens is 2. The molecule has 0 aliphatic carbocycles. The van der Waals surface area contributed by atoms with Gasteiger partial charge < -0.3 is 5.11 Å². The van der Waals surface area contributed by atoms with E-state index < -0.39 is 26.7 Å². The van der Waals surface area contributed by atoms with Gasteiger partial charge >= 0.3 is 5.97 Å². The monoisotopic (exact) mass is 377 g/mol. The van der Waals surface area contributed by atoms with Gasteiger partial charge in [-0.25, -0.2) is 17.6 Å². The molecule has 0 radical (unpaired) electrons. The Morgan fingerprint density at radius 2 is 2.14 bits per heavy atom. The zero-order valence-corrected chi connectivity index (χ0v) is 12.9. The highest BCUT2D eigenvalue weighted by molar-refractivity contribution is 9.10. The molecule has 0 bridgehead atoms. The van der Waals surface area contributed by atoms with E-state index in [4.69, 9.17) is 5.11 Å². The molecule has 112 valence electrons. The largest absolute Gasteiger partial charge is 0.477 e. The molecule has 0 aliphatic heterocycles. The fraction of sp³-hybridized carbons (Fsp3) is 0.0909. The van der Waals surface area contributed by atoms with E-state index in [1.807, 2.05) is 4.72 Å². The highest BCUT2D eigenvalue weighted by Gasteiger charge is 2.24. The summed E-state index contributed by atoms with van der Waals surface area (Å²) in [6.45, 7) is 0. The molecule has 1 aromatic heterocycles. The van der Waals surface area contributed by atoms with Gasteiger partial charge in [0.25, 0.3) is 10.0 Å². The Labute approximate surface area is 127 Å². The number of aromatic nitrogens is 2. The molecule has 0 aliphatic rings. The number of hydrogen-bond acceptors (Lipinski definition) is 4. The van der Waals surface area contributed by atoms with Crippen molar-refractivity contribution in [2.24, 2.45) is 7.05 Å².